The molecule has 0 saturated heterocycles. The van der Waals surface area contributed by atoms with Crippen molar-refractivity contribution in [3.05, 3.63) is 18.0 Å². The molecule has 0 spiro atoms. The largest absolute Gasteiger partial charge is 0.293 e. The van der Waals surface area contributed by atoms with Crippen molar-refractivity contribution in [2.24, 2.45) is 0 Å². The van der Waals surface area contributed by atoms with Crippen LogP contribution in [0.15, 0.2) is 12.4 Å². The maximum Gasteiger partial charge on any atom is 0.176 e. The number of ketones is 1. The summed E-state index contributed by atoms with van der Waals surface area (Å²) in [6.07, 6.45) is 8.82. The average molecular weight is 247 g/mol. The third-order valence-electron chi connectivity index (χ3n) is 1.34. The molecule has 12 heavy (non-hydrogen) atoms. The first-order chi connectivity index (χ1) is 5.65. The number of Topliss-reactive ketones (excluding diaryl/α,β-unsaturated/α-hetero) is 1. The van der Waals surface area contributed by atoms with Crippen molar-refractivity contribution in [3.63, 3.8) is 0 Å². The highest BCUT2D eigenvalue weighted by molar-refractivity contribution is 9.09. The lowest BCUT2D eigenvalue weighted by Crippen LogP contribution is -1.96. The van der Waals surface area contributed by atoms with E-state index in [9.17, 15) is 4.79 Å². The van der Waals surface area contributed by atoms with Gasteiger partial charge in [-0.25, -0.2) is 4.45 Å². The van der Waals surface area contributed by atoms with Crippen molar-refractivity contribution in [2.45, 2.75) is 0 Å². The quantitative estimate of drug-likeness (QED) is 0.454. The minimum absolute atomic E-state index is 0.0260. The first kappa shape index (κ1) is 9.53. The molecule has 0 radical (unpaired) electrons. The van der Waals surface area contributed by atoms with Crippen LogP contribution < -0.4 is 0 Å². The molecule has 1 atom stereocenters. The zero-order valence-corrected chi connectivity index (χ0v) is 9.05. The number of carbonyl (C=O) groups excluding carboxylic acids is 1. The number of hydrogen-bond donors (Lipinski definition) is 0. The molecule has 1 aromatic heterocycles. The zero-order chi connectivity index (χ0) is 9.14. The minimum Gasteiger partial charge on any atom is -0.293 e. The molecule has 1 aromatic rings. The van der Waals surface area contributed by atoms with Crippen LogP contribution in [0, 0.1) is 6.13 Å². The highest BCUT2D eigenvalue weighted by Crippen LogP contribution is 2.14. The van der Waals surface area contributed by atoms with E-state index in [1.54, 1.807) is 10.6 Å². The Balaban J connectivity index is 2.94. The number of alkyl halides is 1. The summed E-state index contributed by atoms with van der Waals surface area (Å²) in [4.78, 5) is 11.1. The second-order valence-corrected chi connectivity index (χ2v) is 4.40. The number of carbonyl (C=O) groups is 1. The minimum atomic E-state index is -0.766. The van der Waals surface area contributed by atoms with Gasteiger partial charge in [-0.3, -0.25) is 4.79 Å². The van der Waals surface area contributed by atoms with Gasteiger partial charge in [-0.15, -0.1) is 6.13 Å². The standard InChI is InChI=1S/C7H8BrN2OP/c1-12(2)10-5-6(4-9-10)7(11)3-8/h1,4-5H,3H2,2H3. The van der Waals surface area contributed by atoms with Crippen LogP contribution >= 0.6 is 23.5 Å². The molecule has 3 nitrogen and oxygen atoms in total. The molecule has 0 aromatic carbocycles. The summed E-state index contributed by atoms with van der Waals surface area (Å²) in [5.74, 6) is 0.0260. The summed E-state index contributed by atoms with van der Waals surface area (Å²) >= 11 is 3.09. The molecule has 0 bridgehead atoms. The van der Waals surface area contributed by atoms with E-state index < -0.39 is 7.53 Å². The number of rotatable bonds is 2. The third kappa shape index (κ3) is 1.98. The maximum absolute atomic E-state index is 11.1. The fourth-order valence-electron chi connectivity index (χ4n) is 0.706. The molecule has 0 aliphatic rings. The Kier molecular flexibility index (Phi) is 3.10. The molecular weight excluding hydrogens is 239 g/mol. The van der Waals surface area contributed by atoms with Crippen LogP contribution in [0.2, 0.25) is 0 Å². The SMILES string of the molecule is C#P(C)n1cc(C(=O)CBr)cn1. The lowest BCUT2D eigenvalue weighted by Gasteiger charge is -1.92. The fraction of sp³-hybridized carbons (Fsp3) is 0.286. The fourth-order valence-corrected chi connectivity index (χ4v) is 1.55. The van der Waals surface area contributed by atoms with E-state index in [4.69, 9.17) is 6.13 Å². The van der Waals surface area contributed by atoms with Crippen LogP contribution in [0.25, 0.3) is 0 Å². The molecule has 0 N–H and O–H groups in total. The molecule has 1 rings (SSSR count). The van der Waals surface area contributed by atoms with Gasteiger partial charge < -0.3 is 0 Å². The van der Waals surface area contributed by atoms with Gasteiger partial charge in [0.25, 0.3) is 0 Å². The summed E-state index contributed by atoms with van der Waals surface area (Å²) in [5, 5.41) is 4.29. The van der Waals surface area contributed by atoms with Crippen molar-refractivity contribution < 1.29 is 4.79 Å². The van der Waals surface area contributed by atoms with E-state index in [0.717, 1.165) is 0 Å². The van der Waals surface area contributed by atoms with Crippen molar-refractivity contribution in [2.75, 3.05) is 12.0 Å². The molecule has 64 valence electrons. The lowest BCUT2D eigenvalue weighted by atomic mass is 10.3. The Hall–Kier alpha value is -0.560. The number of nitrogens with zero attached hydrogens (tertiary/aromatic N) is 2. The van der Waals surface area contributed by atoms with Gasteiger partial charge in [0.15, 0.2) is 5.78 Å². The molecule has 0 aliphatic carbocycles. The Morgan fingerprint density at radius 2 is 2.58 bits per heavy atom. The highest BCUT2D eigenvalue weighted by Gasteiger charge is 2.05. The molecule has 0 fully saturated rings. The highest BCUT2D eigenvalue weighted by atomic mass is 79.9. The van der Waals surface area contributed by atoms with Crippen molar-refractivity contribution in [1.29, 1.82) is 0 Å². The number of hydrogen-bond acceptors (Lipinski definition) is 2. The summed E-state index contributed by atoms with van der Waals surface area (Å²) in [6.45, 7) is 1.87. The third-order valence-corrected chi connectivity index (χ3v) is 2.71. The Labute approximate surface area is 80.0 Å². The molecule has 5 heteroatoms. The first-order valence-electron chi connectivity index (χ1n) is 3.27. The monoisotopic (exact) mass is 246 g/mol. The van der Waals surface area contributed by atoms with E-state index in [1.807, 2.05) is 6.66 Å². The second-order valence-electron chi connectivity index (χ2n) is 2.28. The molecule has 0 amide bonds. The van der Waals surface area contributed by atoms with Crippen LogP contribution in [0.4, 0.5) is 0 Å². The van der Waals surface area contributed by atoms with Gasteiger partial charge in [-0.2, -0.15) is 5.10 Å². The van der Waals surface area contributed by atoms with Gasteiger partial charge in [-0.1, -0.05) is 15.9 Å². The summed E-state index contributed by atoms with van der Waals surface area (Å²) in [5.41, 5.74) is 0.603. The van der Waals surface area contributed by atoms with Gasteiger partial charge in [-0.05, 0) is 6.66 Å². The van der Waals surface area contributed by atoms with Crippen LogP contribution in [-0.2, 0) is 0 Å². The first-order valence-corrected chi connectivity index (χ1v) is 6.21. The number of halogens is 1. The van der Waals surface area contributed by atoms with Gasteiger partial charge in [0.2, 0.25) is 0 Å². The summed E-state index contributed by atoms with van der Waals surface area (Å²) in [6, 6.07) is 0. The summed E-state index contributed by atoms with van der Waals surface area (Å²) in [7, 11) is -0.766. The van der Waals surface area contributed by atoms with Gasteiger partial charge >= 0.3 is 0 Å². The topological polar surface area (TPSA) is 34.9 Å². The Morgan fingerprint density at radius 3 is 3.00 bits per heavy atom. The second kappa shape index (κ2) is 3.90. The summed E-state index contributed by atoms with van der Waals surface area (Å²) < 4.78 is 1.62. The van der Waals surface area contributed by atoms with Gasteiger partial charge in [0, 0.05) is 13.7 Å². The van der Waals surface area contributed by atoms with Crippen LogP contribution in [0.1, 0.15) is 10.4 Å². The Bertz CT molecular complexity index is 363. The van der Waals surface area contributed by atoms with Crippen LogP contribution in [0.3, 0.4) is 0 Å². The van der Waals surface area contributed by atoms with Crippen LogP contribution in [-0.4, -0.2) is 27.3 Å². The Morgan fingerprint density at radius 1 is 1.92 bits per heavy atom. The molecule has 0 aliphatic heterocycles. The molecule has 0 saturated carbocycles. The predicted molar refractivity (Wildman–Crippen MR) is 53.5 cm³/mol. The average Bonchev–Trinajstić information content (AvgIpc) is 2.51. The molecular formula is C7H8BrN2OP. The molecule has 1 unspecified atom stereocenters. The van der Waals surface area contributed by atoms with E-state index in [0.29, 0.717) is 10.9 Å². The predicted octanol–water partition coefficient (Wildman–Crippen LogP) is 1.92. The van der Waals surface area contributed by atoms with Gasteiger partial charge in [0.1, 0.15) is 0 Å². The van der Waals surface area contributed by atoms with Crippen molar-refractivity contribution in [3.8, 4) is 6.13 Å². The lowest BCUT2D eigenvalue weighted by molar-refractivity contribution is 0.102. The maximum atomic E-state index is 11.1. The van der Waals surface area contributed by atoms with Crippen LogP contribution in [0.5, 0.6) is 0 Å². The molecule has 1 heterocycles. The smallest absolute Gasteiger partial charge is 0.176 e. The number of aromatic nitrogens is 2. The van der Waals surface area contributed by atoms with E-state index in [-0.39, 0.29) is 5.78 Å². The van der Waals surface area contributed by atoms with Crippen molar-refractivity contribution >= 4 is 29.2 Å². The normalized spacial score (nSPS) is 11.2. The van der Waals surface area contributed by atoms with Crippen molar-refractivity contribution in [1.82, 2.24) is 9.55 Å². The zero-order valence-electron chi connectivity index (χ0n) is 6.57. The van der Waals surface area contributed by atoms with E-state index in [1.165, 1.54) is 6.20 Å². The van der Waals surface area contributed by atoms with E-state index in [2.05, 4.69) is 21.0 Å². The van der Waals surface area contributed by atoms with E-state index >= 15 is 0 Å². The van der Waals surface area contributed by atoms with Gasteiger partial charge in [0.05, 0.1) is 17.1 Å².